The Morgan fingerprint density at radius 3 is 1.62 bits per heavy atom. The summed E-state index contributed by atoms with van der Waals surface area (Å²) in [7, 11) is 0. The van der Waals surface area contributed by atoms with E-state index < -0.39 is 0 Å². The van der Waals surface area contributed by atoms with Crippen LogP contribution in [0.3, 0.4) is 0 Å². The summed E-state index contributed by atoms with van der Waals surface area (Å²) in [6.45, 7) is 0.0277. The molecule has 13 rings (SSSR count). The minimum Gasteiger partial charge on any atom is -0.310 e. The van der Waals surface area contributed by atoms with Gasteiger partial charge in [-0.1, -0.05) is 109 Å². The van der Waals surface area contributed by atoms with Gasteiger partial charge in [0.05, 0.1) is 33.1 Å². The van der Waals surface area contributed by atoms with Crippen LogP contribution in [0.1, 0.15) is 0 Å². The highest BCUT2D eigenvalue weighted by molar-refractivity contribution is 7.02. The summed E-state index contributed by atoms with van der Waals surface area (Å²) in [4.78, 5) is 0. The van der Waals surface area contributed by atoms with Crippen molar-refractivity contribution in [2.45, 2.75) is 0 Å². The first-order chi connectivity index (χ1) is 24.9. The normalized spacial score (nSPS) is 13.2. The summed E-state index contributed by atoms with van der Waals surface area (Å²) >= 11 is 0. The standard InChI is InChI=1S/C46H26BN3/c1-2-14-28(15-3-1)48-36-20-9-6-17-30(36)33-26-34-31-18-7-10-21-37(31)49-39-23-12-24-40-42(39)47(43(44(33)48)45(34)49)35-25-27-13-4-5-16-29(27)41-32-19-8-11-22-38(32)50(40)46(35)41/h1-26H. The van der Waals surface area contributed by atoms with Crippen LogP contribution in [0.4, 0.5) is 0 Å². The number of para-hydroxylation sites is 4. The fourth-order valence-corrected chi connectivity index (χ4v) is 10.0. The van der Waals surface area contributed by atoms with E-state index in [1.54, 1.807) is 0 Å². The maximum Gasteiger partial charge on any atom is 0.255 e. The Kier molecular flexibility index (Phi) is 4.45. The molecule has 0 fully saturated rings. The molecule has 0 radical (unpaired) electrons. The van der Waals surface area contributed by atoms with Gasteiger partial charge in [0.1, 0.15) is 0 Å². The highest BCUT2D eigenvalue weighted by Gasteiger charge is 2.43. The number of hydrogen-bond donors (Lipinski definition) is 0. The van der Waals surface area contributed by atoms with Crippen LogP contribution in [-0.2, 0) is 0 Å². The molecule has 0 N–H and O–H groups in total. The van der Waals surface area contributed by atoms with E-state index in [2.05, 4.69) is 171 Å². The topological polar surface area (TPSA) is 14.8 Å². The zero-order valence-corrected chi connectivity index (χ0v) is 26.9. The summed E-state index contributed by atoms with van der Waals surface area (Å²) in [5, 5.41) is 10.5. The Hall–Kier alpha value is -6.52. The van der Waals surface area contributed by atoms with Crippen molar-refractivity contribution in [3.63, 3.8) is 0 Å². The predicted molar refractivity (Wildman–Crippen MR) is 212 cm³/mol. The Balaban J connectivity index is 1.36. The summed E-state index contributed by atoms with van der Waals surface area (Å²) < 4.78 is 7.69. The van der Waals surface area contributed by atoms with Crippen LogP contribution >= 0.6 is 0 Å². The number of nitrogens with zero attached hydrogens (tertiary/aromatic N) is 3. The Bertz CT molecular complexity index is 3320. The monoisotopic (exact) mass is 631 g/mol. The van der Waals surface area contributed by atoms with Crippen molar-refractivity contribution in [3.8, 4) is 17.1 Å². The second-order valence-corrected chi connectivity index (χ2v) is 14.0. The average Bonchev–Trinajstić information content (AvgIpc) is 3.82. The van der Waals surface area contributed by atoms with E-state index in [0.717, 1.165) is 0 Å². The first-order valence-corrected chi connectivity index (χ1v) is 17.5. The molecule has 50 heavy (non-hydrogen) atoms. The van der Waals surface area contributed by atoms with Crippen molar-refractivity contribution < 1.29 is 0 Å². The van der Waals surface area contributed by atoms with Crippen molar-refractivity contribution in [1.29, 1.82) is 0 Å². The van der Waals surface area contributed by atoms with Gasteiger partial charge in [-0.15, -0.1) is 0 Å². The van der Waals surface area contributed by atoms with Gasteiger partial charge in [-0.05, 0) is 75.7 Å². The van der Waals surface area contributed by atoms with E-state index in [1.165, 1.54) is 110 Å². The molecule has 5 heterocycles. The molecule has 0 amide bonds. The fraction of sp³-hybridized carbons (Fsp3) is 0. The van der Waals surface area contributed by atoms with Crippen LogP contribution in [0.2, 0.25) is 0 Å². The van der Waals surface area contributed by atoms with Crippen molar-refractivity contribution in [2.24, 2.45) is 0 Å². The fourth-order valence-electron chi connectivity index (χ4n) is 10.0. The van der Waals surface area contributed by atoms with Crippen LogP contribution in [0, 0.1) is 0 Å². The van der Waals surface area contributed by atoms with Crippen molar-refractivity contribution in [3.05, 3.63) is 158 Å². The van der Waals surface area contributed by atoms with Gasteiger partial charge in [-0.25, -0.2) is 0 Å². The van der Waals surface area contributed by atoms with Gasteiger partial charge in [0.15, 0.2) is 0 Å². The van der Waals surface area contributed by atoms with Crippen molar-refractivity contribution in [2.75, 3.05) is 0 Å². The maximum absolute atomic E-state index is 2.58. The van der Waals surface area contributed by atoms with Gasteiger partial charge in [-0.3, -0.25) is 0 Å². The molecule has 11 aromatic rings. The van der Waals surface area contributed by atoms with Gasteiger partial charge in [-0.2, -0.15) is 0 Å². The molecule has 2 aliphatic heterocycles. The van der Waals surface area contributed by atoms with E-state index >= 15 is 0 Å². The molecule has 0 saturated heterocycles. The number of hydrogen-bond acceptors (Lipinski definition) is 0. The van der Waals surface area contributed by atoms with Crippen molar-refractivity contribution in [1.82, 2.24) is 13.7 Å². The quantitative estimate of drug-likeness (QED) is 0.161. The molecule has 228 valence electrons. The highest BCUT2D eigenvalue weighted by atomic mass is 15.0. The highest BCUT2D eigenvalue weighted by Crippen LogP contribution is 2.43. The number of fused-ring (bicyclic) bond motifs is 16. The van der Waals surface area contributed by atoms with E-state index in [1.807, 2.05) is 0 Å². The zero-order chi connectivity index (χ0) is 32.2. The molecule has 0 spiro atoms. The molecule has 8 aromatic carbocycles. The second-order valence-electron chi connectivity index (χ2n) is 14.0. The molecule has 3 nitrogen and oxygen atoms in total. The molecule has 4 heteroatoms. The van der Waals surface area contributed by atoms with E-state index in [0.29, 0.717) is 0 Å². The summed E-state index contributed by atoms with van der Waals surface area (Å²) in [5.41, 5.74) is 15.6. The van der Waals surface area contributed by atoms with Crippen LogP contribution < -0.4 is 16.4 Å². The first kappa shape index (κ1) is 25.5. The lowest BCUT2D eigenvalue weighted by Crippen LogP contribution is -2.59. The third-order valence-corrected chi connectivity index (χ3v) is 11.8. The van der Waals surface area contributed by atoms with E-state index in [9.17, 15) is 0 Å². The lowest BCUT2D eigenvalue weighted by Gasteiger charge is -2.34. The summed E-state index contributed by atoms with van der Waals surface area (Å²) in [6.07, 6.45) is 0. The minimum absolute atomic E-state index is 0.0277. The van der Waals surface area contributed by atoms with Crippen LogP contribution in [0.5, 0.6) is 0 Å². The lowest BCUT2D eigenvalue weighted by molar-refractivity contribution is 1.14. The molecule has 0 bridgehead atoms. The van der Waals surface area contributed by atoms with E-state index in [-0.39, 0.29) is 6.71 Å². The third-order valence-electron chi connectivity index (χ3n) is 11.8. The van der Waals surface area contributed by atoms with Crippen LogP contribution in [-0.4, -0.2) is 20.4 Å². The Morgan fingerprint density at radius 2 is 0.900 bits per heavy atom. The van der Waals surface area contributed by atoms with Gasteiger partial charge >= 0.3 is 0 Å². The molecular weight excluding hydrogens is 605 g/mol. The first-order valence-electron chi connectivity index (χ1n) is 17.5. The largest absolute Gasteiger partial charge is 0.310 e. The molecule has 0 unspecified atom stereocenters. The van der Waals surface area contributed by atoms with Gasteiger partial charge in [0.2, 0.25) is 0 Å². The number of benzene rings is 8. The zero-order valence-electron chi connectivity index (χ0n) is 26.9. The predicted octanol–water partition coefficient (Wildman–Crippen LogP) is 9.27. The van der Waals surface area contributed by atoms with Crippen LogP contribution in [0.15, 0.2) is 158 Å². The van der Waals surface area contributed by atoms with Crippen molar-refractivity contribution >= 4 is 99.3 Å². The molecule has 2 aliphatic rings. The van der Waals surface area contributed by atoms with Crippen LogP contribution in [0.25, 0.3) is 93.3 Å². The molecule has 0 atom stereocenters. The Labute approximate surface area is 286 Å². The average molecular weight is 632 g/mol. The van der Waals surface area contributed by atoms with Gasteiger partial charge < -0.3 is 13.7 Å². The van der Waals surface area contributed by atoms with Gasteiger partial charge in [0, 0.05) is 49.4 Å². The number of aromatic nitrogens is 3. The third kappa shape index (κ3) is 2.81. The van der Waals surface area contributed by atoms with Gasteiger partial charge in [0.25, 0.3) is 6.71 Å². The lowest BCUT2D eigenvalue weighted by atomic mass is 9.34. The number of rotatable bonds is 1. The smallest absolute Gasteiger partial charge is 0.255 e. The summed E-state index contributed by atoms with van der Waals surface area (Å²) in [5.74, 6) is 0. The SMILES string of the molecule is c1ccc(-n2c3ccccc3c3cc4c5ccccc5n5c4c(c32)B2c3c-5cccc3-n3c4ccccc4c4c5ccccc5cc2c43)cc1. The molecule has 0 aliphatic carbocycles. The molecule has 0 saturated carbocycles. The minimum atomic E-state index is 0.0277. The Morgan fingerprint density at radius 1 is 0.360 bits per heavy atom. The molecule has 3 aromatic heterocycles. The summed E-state index contributed by atoms with van der Waals surface area (Å²) in [6, 6.07) is 58.9. The maximum atomic E-state index is 2.58. The van der Waals surface area contributed by atoms with E-state index in [4.69, 9.17) is 0 Å². The molecular formula is C46H26BN3. The second kappa shape index (κ2) is 8.74.